The van der Waals surface area contributed by atoms with E-state index in [9.17, 15) is 20.4 Å². The van der Waals surface area contributed by atoms with Crippen LogP contribution in [-0.2, 0) is 0 Å². The Bertz CT molecular complexity index is 1360. The van der Waals surface area contributed by atoms with Crippen LogP contribution < -0.4 is 0 Å². The summed E-state index contributed by atoms with van der Waals surface area (Å²) in [7, 11) is 0. The molecule has 0 amide bonds. The summed E-state index contributed by atoms with van der Waals surface area (Å²) in [5.41, 5.74) is 4.65. The number of fused-ring (bicyclic) bond motifs is 10. The molecule has 6 saturated carbocycles. The molecule has 0 radical (unpaired) electrons. The highest BCUT2D eigenvalue weighted by molar-refractivity contribution is 5.27. The van der Waals surface area contributed by atoms with E-state index in [2.05, 4.69) is 81.4 Å². The van der Waals surface area contributed by atoms with Gasteiger partial charge in [0.2, 0.25) is 0 Å². The maximum absolute atomic E-state index is 11.0. The Kier molecular flexibility index (Phi) is 13.7. The van der Waals surface area contributed by atoms with Gasteiger partial charge in [0.25, 0.3) is 0 Å². The van der Waals surface area contributed by atoms with Crippen LogP contribution in [0.15, 0.2) is 23.3 Å². The highest BCUT2D eigenvalue weighted by Crippen LogP contribution is 2.69. The normalized spacial score (nSPS) is 46.5. The summed E-state index contributed by atoms with van der Waals surface area (Å²) in [4.78, 5) is 0. The lowest BCUT2D eigenvalue weighted by molar-refractivity contribution is -0.0681. The van der Waals surface area contributed by atoms with Crippen molar-refractivity contribution in [2.24, 2.45) is 92.7 Å². The Morgan fingerprint density at radius 2 is 0.879 bits per heavy atom. The fraction of sp³-hybridized carbons (Fsp3) is 0.926. The first kappa shape index (κ1) is 45.3. The Balaban J connectivity index is 0.000000177. The number of hydrogen-bond acceptors (Lipinski definition) is 4. The highest BCUT2D eigenvalue weighted by Gasteiger charge is 2.61. The van der Waals surface area contributed by atoms with Gasteiger partial charge in [0.1, 0.15) is 0 Å². The van der Waals surface area contributed by atoms with Crippen molar-refractivity contribution in [3.05, 3.63) is 23.3 Å². The highest BCUT2D eigenvalue weighted by atomic mass is 16.3. The van der Waals surface area contributed by atoms with E-state index in [1.165, 1.54) is 77.0 Å². The summed E-state index contributed by atoms with van der Waals surface area (Å²) >= 11 is 0. The molecular formula is C54H92O4. The Morgan fingerprint density at radius 1 is 0.500 bits per heavy atom. The van der Waals surface area contributed by atoms with Gasteiger partial charge in [0, 0.05) is 0 Å². The van der Waals surface area contributed by atoms with Crippen molar-refractivity contribution in [1.29, 1.82) is 0 Å². The van der Waals surface area contributed by atoms with Gasteiger partial charge >= 0.3 is 0 Å². The predicted molar refractivity (Wildman–Crippen MR) is 241 cm³/mol. The summed E-state index contributed by atoms with van der Waals surface area (Å²) in [5, 5.41) is 42.3. The van der Waals surface area contributed by atoms with Gasteiger partial charge < -0.3 is 20.4 Å². The SMILES string of the molecule is CC(C)CC[C@@H](O)[C@@H](C)[C@H]1CC[C@H]2[C@@H]3CC=C4C[C@@H](O)CC[C@]4(C)[C@H]3CC[C@]12C.CC(C)CC[C@@H](O)[C@@H](C)[C@H]1CC[C@H]2[C@@H]3CC=C4C[C@@H](O)CC[C@]4(C)[C@H]3CC[C@]12C. The number of rotatable bonds is 10. The molecule has 18 atom stereocenters. The van der Waals surface area contributed by atoms with E-state index in [1.54, 1.807) is 11.1 Å². The molecule has 0 heterocycles. The van der Waals surface area contributed by atoms with Crippen molar-refractivity contribution in [1.82, 2.24) is 0 Å². The van der Waals surface area contributed by atoms with E-state index in [0.717, 1.165) is 86.9 Å². The molecule has 0 bridgehead atoms. The Hall–Kier alpha value is -0.680. The van der Waals surface area contributed by atoms with E-state index in [1.807, 2.05) is 0 Å². The van der Waals surface area contributed by atoms with Gasteiger partial charge in [0.15, 0.2) is 0 Å². The van der Waals surface area contributed by atoms with Gasteiger partial charge in [-0.15, -0.1) is 0 Å². The van der Waals surface area contributed by atoms with E-state index in [-0.39, 0.29) is 24.4 Å². The van der Waals surface area contributed by atoms with Crippen LogP contribution in [0.25, 0.3) is 0 Å². The first-order valence-corrected chi connectivity index (χ1v) is 25.4. The second-order valence-electron chi connectivity index (χ2n) is 24.6. The molecule has 332 valence electrons. The van der Waals surface area contributed by atoms with Gasteiger partial charge in [-0.25, -0.2) is 0 Å². The molecule has 6 fully saturated rings. The minimum absolute atomic E-state index is 0.108. The maximum atomic E-state index is 11.0. The van der Waals surface area contributed by atoms with Crippen molar-refractivity contribution >= 4 is 0 Å². The molecule has 8 rings (SSSR count). The minimum Gasteiger partial charge on any atom is -0.393 e. The quantitative estimate of drug-likeness (QED) is 0.166. The summed E-state index contributed by atoms with van der Waals surface area (Å²) in [6, 6.07) is 0. The molecule has 8 aliphatic carbocycles. The van der Waals surface area contributed by atoms with Crippen molar-refractivity contribution in [3.63, 3.8) is 0 Å². The van der Waals surface area contributed by atoms with Gasteiger partial charge in [-0.05, 0) is 221 Å². The molecule has 0 aromatic rings. The summed E-state index contributed by atoms with van der Waals surface area (Å²) < 4.78 is 0. The molecule has 0 aliphatic heterocycles. The first-order chi connectivity index (χ1) is 27.3. The smallest absolute Gasteiger partial charge is 0.0577 e. The molecule has 0 aromatic carbocycles. The Morgan fingerprint density at radius 3 is 1.24 bits per heavy atom. The number of aliphatic hydroxyl groups excluding tert-OH is 4. The molecule has 4 N–H and O–H groups in total. The van der Waals surface area contributed by atoms with Crippen molar-refractivity contribution in [2.45, 2.75) is 222 Å². The zero-order valence-corrected chi connectivity index (χ0v) is 39.3. The number of allylic oxidation sites excluding steroid dienone is 2. The monoisotopic (exact) mass is 805 g/mol. The summed E-state index contributed by atoms with van der Waals surface area (Å²) in [6.45, 7) is 24.0. The minimum atomic E-state index is -0.133. The molecule has 0 spiro atoms. The molecule has 0 unspecified atom stereocenters. The van der Waals surface area contributed by atoms with Crippen molar-refractivity contribution < 1.29 is 20.4 Å². The zero-order chi connectivity index (χ0) is 41.9. The fourth-order valence-corrected chi connectivity index (χ4v) is 17.2. The summed E-state index contributed by atoms with van der Waals surface area (Å²) in [6.07, 6.45) is 28.2. The van der Waals surface area contributed by atoms with Gasteiger partial charge in [0.05, 0.1) is 24.4 Å². The van der Waals surface area contributed by atoms with Gasteiger partial charge in [-0.2, -0.15) is 0 Å². The lowest BCUT2D eigenvalue weighted by Gasteiger charge is -2.58. The van der Waals surface area contributed by atoms with Crippen LogP contribution in [0.3, 0.4) is 0 Å². The van der Waals surface area contributed by atoms with Gasteiger partial charge in [-0.1, -0.05) is 92.5 Å². The largest absolute Gasteiger partial charge is 0.393 e. The second-order valence-corrected chi connectivity index (χ2v) is 24.6. The lowest BCUT2D eigenvalue weighted by Crippen LogP contribution is -2.51. The molecule has 4 nitrogen and oxygen atoms in total. The number of hydrogen-bond donors (Lipinski definition) is 4. The standard InChI is InChI=1S/2C27H46O2/c2*1-17(2)6-11-25(29)18(3)22-9-10-23-21-8-7-19-16-20(28)12-14-26(19,4)24(21)13-15-27(22,23)5/h2*7,17-18,20-25,28-29H,6,8-16H2,1-5H3/t2*18-,20-,21-,22+,23-,24-,25+,26-,27+/m00/s1. The maximum Gasteiger partial charge on any atom is 0.0577 e. The van der Waals surface area contributed by atoms with Crippen LogP contribution in [0.4, 0.5) is 0 Å². The molecular weight excluding hydrogens is 713 g/mol. The zero-order valence-electron chi connectivity index (χ0n) is 39.3. The van der Waals surface area contributed by atoms with E-state index in [4.69, 9.17) is 0 Å². The third-order valence-corrected chi connectivity index (χ3v) is 20.9. The van der Waals surface area contributed by atoms with Crippen LogP contribution in [0, 0.1) is 92.7 Å². The molecule has 58 heavy (non-hydrogen) atoms. The number of aliphatic hydroxyl groups is 4. The van der Waals surface area contributed by atoms with Crippen LogP contribution in [0.5, 0.6) is 0 Å². The van der Waals surface area contributed by atoms with E-state index < -0.39 is 0 Å². The van der Waals surface area contributed by atoms with Crippen LogP contribution in [0.2, 0.25) is 0 Å². The van der Waals surface area contributed by atoms with Crippen LogP contribution in [-0.4, -0.2) is 44.8 Å². The average Bonchev–Trinajstić information content (AvgIpc) is 3.72. The fourth-order valence-electron chi connectivity index (χ4n) is 17.2. The first-order valence-electron chi connectivity index (χ1n) is 25.4. The van der Waals surface area contributed by atoms with E-state index in [0.29, 0.717) is 57.2 Å². The van der Waals surface area contributed by atoms with Crippen molar-refractivity contribution in [2.75, 3.05) is 0 Å². The molecule has 4 heteroatoms. The lowest BCUT2D eigenvalue weighted by atomic mass is 9.47. The van der Waals surface area contributed by atoms with Crippen LogP contribution >= 0.6 is 0 Å². The Labute approximate surface area is 357 Å². The average molecular weight is 805 g/mol. The van der Waals surface area contributed by atoms with Gasteiger partial charge in [-0.3, -0.25) is 0 Å². The predicted octanol–water partition coefficient (Wildman–Crippen LogP) is 12.7. The van der Waals surface area contributed by atoms with Crippen LogP contribution in [0.1, 0.15) is 198 Å². The topological polar surface area (TPSA) is 80.9 Å². The molecule has 0 saturated heterocycles. The van der Waals surface area contributed by atoms with E-state index >= 15 is 0 Å². The summed E-state index contributed by atoms with van der Waals surface area (Å²) in [5.74, 6) is 8.50. The second kappa shape index (κ2) is 17.5. The van der Waals surface area contributed by atoms with Crippen molar-refractivity contribution in [3.8, 4) is 0 Å². The molecule has 0 aromatic heterocycles. The third kappa shape index (κ3) is 8.17. The third-order valence-electron chi connectivity index (χ3n) is 20.9. The molecule has 8 aliphatic rings.